The maximum Gasteiger partial charge on any atom is 0.305 e. The second-order valence-corrected chi connectivity index (χ2v) is 2.86. The smallest absolute Gasteiger partial charge is 0.305 e. The van der Waals surface area contributed by atoms with Crippen LogP contribution in [0.2, 0.25) is 0 Å². The highest BCUT2D eigenvalue weighted by atomic mass is 16.5. The van der Waals surface area contributed by atoms with Crippen LogP contribution in [0.5, 0.6) is 0 Å². The van der Waals surface area contributed by atoms with E-state index in [1.807, 2.05) is 0 Å². The number of ether oxygens (including phenoxy) is 1. The first-order valence-corrected chi connectivity index (χ1v) is 3.77. The number of nitrogens with one attached hydrogen (secondary N) is 1. The fourth-order valence-corrected chi connectivity index (χ4v) is 1.27. The van der Waals surface area contributed by atoms with Gasteiger partial charge < -0.3 is 15.8 Å². The van der Waals surface area contributed by atoms with Crippen LogP contribution in [-0.4, -0.2) is 32.2 Å². The molecule has 1 heterocycles. The summed E-state index contributed by atoms with van der Waals surface area (Å²) in [6.07, 6.45) is 0.435. The van der Waals surface area contributed by atoms with Gasteiger partial charge in [-0.3, -0.25) is 4.79 Å². The molecule has 1 rings (SSSR count). The zero-order chi connectivity index (χ0) is 8.27. The predicted molar refractivity (Wildman–Crippen MR) is 41.0 cm³/mol. The molecule has 0 aromatic carbocycles. The lowest BCUT2D eigenvalue weighted by molar-refractivity contribution is -0.141. The molecule has 0 aromatic rings. The van der Waals surface area contributed by atoms with Gasteiger partial charge in [-0.2, -0.15) is 0 Å². The van der Waals surface area contributed by atoms with E-state index in [1.165, 1.54) is 7.11 Å². The van der Waals surface area contributed by atoms with Gasteiger partial charge in [0.2, 0.25) is 0 Å². The zero-order valence-electron chi connectivity index (χ0n) is 6.67. The van der Waals surface area contributed by atoms with Gasteiger partial charge in [0.15, 0.2) is 0 Å². The Morgan fingerprint density at radius 2 is 2.45 bits per heavy atom. The summed E-state index contributed by atoms with van der Waals surface area (Å²) in [6.45, 7) is 1.64. The molecule has 64 valence electrons. The normalized spacial score (nSPS) is 30.4. The molecule has 1 saturated heterocycles. The van der Waals surface area contributed by atoms with E-state index >= 15 is 0 Å². The number of esters is 1. The van der Waals surface area contributed by atoms with E-state index in [9.17, 15) is 4.79 Å². The number of rotatable bonds is 2. The van der Waals surface area contributed by atoms with Gasteiger partial charge in [0.05, 0.1) is 13.5 Å². The zero-order valence-corrected chi connectivity index (χ0v) is 6.67. The summed E-state index contributed by atoms with van der Waals surface area (Å²) in [4.78, 5) is 10.8. The minimum Gasteiger partial charge on any atom is -0.469 e. The fourth-order valence-electron chi connectivity index (χ4n) is 1.27. The minimum atomic E-state index is -0.172. The highest BCUT2D eigenvalue weighted by Gasteiger charge is 2.25. The van der Waals surface area contributed by atoms with Gasteiger partial charge in [0.1, 0.15) is 0 Å². The Bertz CT molecular complexity index is 149. The van der Waals surface area contributed by atoms with Crippen LogP contribution in [0.1, 0.15) is 6.42 Å². The lowest BCUT2D eigenvalue weighted by atomic mass is 10.0. The molecule has 0 radical (unpaired) electrons. The molecule has 0 saturated carbocycles. The van der Waals surface area contributed by atoms with Crippen LogP contribution >= 0.6 is 0 Å². The highest BCUT2D eigenvalue weighted by Crippen LogP contribution is 2.11. The molecule has 1 fully saturated rings. The molecule has 0 bridgehead atoms. The first kappa shape index (κ1) is 8.49. The van der Waals surface area contributed by atoms with Gasteiger partial charge in [-0.25, -0.2) is 0 Å². The monoisotopic (exact) mass is 158 g/mol. The van der Waals surface area contributed by atoms with Crippen molar-refractivity contribution in [3.63, 3.8) is 0 Å². The number of carbonyl (C=O) groups excluding carboxylic acids is 1. The first-order valence-electron chi connectivity index (χ1n) is 3.77. The van der Waals surface area contributed by atoms with Crippen LogP contribution in [0.25, 0.3) is 0 Å². The van der Waals surface area contributed by atoms with E-state index < -0.39 is 0 Å². The summed E-state index contributed by atoms with van der Waals surface area (Å²) in [5.41, 5.74) is 5.71. The van der Waals surface area contributed by atoms with Gasteiger partial charge in [-0.05, 0) is 5.92 Å². The highest BCUT2D eigenvalue weighted by molar-refractivity contribution is 5.69. The predicted octanol–water partition coefficient (Wildman–Crippen LogP) is -0.904. The summed E-state index contributed by atoms with van der Waals surface area (Å²) in [6, 6.07) is 0.106. The van der Waals surface area contributed by atoms with Gasteiger partial charge in [0, 0.05) is 19.1 Å². The SMILES string of the molecule is COC(=O)C[C@H]1CNC[C@@H]1N. The summed E-state index contributed by atoms with van der Waals surface area (Å²) in [7, 11) is 1.40. The van der Waals surface area contributed by atoms with Crippen molar-refractivity contribution in [2.45, 2.75) is 12.5 Å². The standard InChI is InChI=1S/C7H14N2O2/c1-11-7(10)2-5-3-9-4-6(5)8/h5-6,9H,2-4,8H2,1H3/t5-,6-/m0/s1. The van der Waals surface area contributed by atoms with Crippen LogP contribution in [0, 0.1) is 5.92 Å². The Hall–Kier alpha value is -0.610. The summed E-state index contributed by atoms with van der Waals surface area (Å²) < 4.78 is 4.54. The van der Waals surface area contributed by atoms with E-state index in [-0.39, 0.29) is 17.9 Å². The van der Waals surface area contributed by atoms with Crippen molar-refractivity contribution in [2.24, 2.45) is 11.7 Å². The van der Waals surface area contributed by atoms with Crippen molar-refractivity contribution in [3.8, 4) is 0 Å². The van der Waals surface area contributed by atoms with E-state index in [4.69, 9.17) is 5.73 Å². The second-order valence-electron chi connectivity index (χ2n) is 2.86. The Labute approximate surface area is 66.1 Å². The number of carbonyl (C=O) groups is 1. The third kappa shape index (κ3) is 2.17. The quantitative estimate of drug-likeness (QED) is 0.511. The lowest BCUT2D eigenvalue weighted by Gasteiger charge is -2.11. The Kier molecular flexibility index (Phi) is 2.84. The van der Waals surface area contributed by atoms with Crippen LogP contribution in [0.4, 0.5) is 0 Å². The maximum atomic E-state index is 10.8. The van der Waals surface area contributed by atoms with Crippen LogP contribution in [0.3, 0.4) is 0 Å². The van der Waals surface area contributed by atoms with E-state index in [2.05, 4.69) is 10.1 Å². The third-order valence-corrected chi connectivity index (χ3v) is 2.05. The van der Waals surface area contributed by atoms with Crippen molar-refractivity contribution in [1.82, 2.24) is 5.32 Å². The fraction of sp³-hybridized carbons (Fsp3) is 0.857. The second kappa shape index (κ2) is 3.69. The van der Waals surface area contributed by atoms with Gasteiger partial charge in [-0.15, -0.1) is 0 Å². The molecule has 0 aromatic heterocycles. The number of nitrogens with two attached hydrogens (primary N) is 1. The Morgan fingerprint density at radius 3 is 2.91 bits per heavy atom. The largest absolute Gasteiger partial charge is 0.469 e. The van der Waals surface area contributed by atoms with E-state index in [1.54, 1.807) is 0 Å². The molecule has 0 aliphatic carbocycles. The molecule has 11 heavy (non-hydrogen) atoms. The third-order valence-electron chi connectivity index (χ3n) is 2.05. The van der Waals surface area contributed by atoms with Crippen molar-refractivity contribution in [3.05, 3.63) is 0 Å². The molecule has 2 atom stereocenters. The molecule has 0 amide bonds. The Morgan fingerprint density at radius 1 is 1.73 bits per heavy atom. The van der Waals surface area contributed by atoms with Gasteiger partial charge in [-0.1, -0.05) is 0 Å². The average Bonchev–Trinajstić information content (AvgIpc) is 2.37. The van der Waals surface area contributed by atoms with Crippen molar-refractivity contribution >= 4 is 5.97 Å². The summed E-state index contributed by atoms with van der Waals surface area (Å²) in [5, 5.41) is 3.12. The van der Waals surface area contributed by atoms with Crippen LogP contribution in [-0.2, 0) is 9.53 Å². The van der Waals surface area contributed by atoms with Gasteiger partial charge in [0.25, 0.3) is 0 Å². The maximum absolute atomic E-state index is 10.8. The van der Waals surface area contributed by atoms with Gasteiger partial charge >= 0.3 is 5.97 Å². The minimum absolute atomic E-state index is 0.106. The van der Waals surface area contributed by atoms with Crippen LogP contribution in [0.15, 0.2) is 0 Å². The topological polar surface area (TPSA) is 64.3 Å². The number of hydrogen-bond donors (Lipinski definition) is 2. The number of methoxy groups -OCH3 is 1. The molecule has 0 unspecified atom stereocenters. The van der Waals surface area contributed by atoms with E-state index in [0.717, 1.165) is 13.1 Å². The molecular formula is C7H14N2O2. The molecule has 3 N–H and O–H groups in total. The molecule has 1 aliphatic rings. The van der Waals surface area contributed by atoms with Crippen molar-refractivity contribution in [1.29, 1.82) is 0 Å². The van der Waals surface area contributed by atoms with Crippen molar-refractivity contribution in [2.75, 3.05) is 20.2 Å². The van der Waals surface area contributed by atoms with Crippen LogP contribution < -0.4 is 11.1 Å². The summed E-state index contributed by atoms with van der Waals surface area (Å²) >= 11 is 0. The summed E-state index contributed by atoms with van der Waals surface area (Å²) in [5.74, 6) is 0.0802. The number of hydrogen-bond acceptors (Lipinski definition) is 4. The molecular weight excluding hydrogens is 144 g/mol. The molecule has 0 spiro atoms. The first-order chi connectivity index (χ1) is 5.24. The average molecular weight is 158 g/mol. The molecule has 4 nitrogen and oxygen atoms in total. The van der Waals surface area contributed by atoms with Crippen molar-refractivity contribution < 1.29 is 9.53 Å². The molecule has 1 aliphatic heterocycles. The molecule has 4 heteroatoms. The lowest BCUT2D eigenvalue weighted by Crippen LogP contribution is -2.30. The Balaban J connectivity index is 2.30. The van der Waals surface area contributed by atoms with E-state index in [0.29, 0.717) is 6.42 Å².